The van der Waals surface area contributed by atoms with Crippen molar-refractivity contribution >= 4 is 23.3 Å². The maximum atomic E-state index is 12.3. The van der Waals surface area contributed by atoms with Crippen LogP contribution in [0, 0.1) is 5.92 Å². The highest BCUT2D eigenvalue weighted by atomic mass is 32.1. The zero-order valence-electron chi connectivity index (χ0n) is 14.3. The minimum Gasteiger partial charge on any atom is -0.382 e. The number of nitrogens with one attached hydrogen (secondary N) is 2. The molecule has 2 N–H and O–H groups in total. The maximum absolute atomic E-state index is 12.3. The number of amides is 3. The third kappa shape index (κ3) is 6.13. The summed E-state index contributed by atoms with van der Waals surface area (Å²) in [5, 5.41) is 7.87. The van der Waals surface area contributed by atoms with Crippen LogP contribution in [0.2, 0.25) is 0 Å². The number of urea groups is 1. The lowest BCUT2D eigenvalue weighted by Crippen LogP contribution is -2.48. The minimum atomic E-state index is -0.113. The summed E-state index contributed by atoms with van der Waals surface area (Å²) in [6.45, 7) is 5.70. The fourth-order valence-electron chi connectivity index (χ4n) is 2.74. The number of likely N-dealkylation sites (tertiary alicyclic amines) is 1. The lowest BCUT2D eigenvalue weighted by atomic mass is 9.97. The molecule has 1 saturated heterocycles. The largest absolute Gasteiger partial charge is 0.382 e. The van der Waals surface area contributed by atoms with Crippen molar-refractivity contribution in [3.8, 4) is 0 Å². The predicted molar refractivity (Wildman–Crippen MR) is 95.0 cm³/mol. The van der Waals surface area contributed by atoms with Crippen LogP contribution in [0.5, 0.6) is 0 Å². The molecule has 0 saturated carbocycles. The number of rotatable bonds is 8. The summed E-state index contributed by atoms with van der Waals surface area (Å²) in [4.78, 5) is 27.4. The Balaban J connectivity index is 1.70. The molecule has 1 aliphatic rings. The maximum Gasteiger partial charge on any atom is 0.317 e. The van der Waals surface area contributed by atoms with E-state index >= 15 is 0 Å². The van der Waals surface area contributed by atoms with Gasteiger partial charge in [-0.05, 0) is 37.6 Å². The van der Waals surface area contributed by atoms with E-state index in [0.717, 1.165) is 24.1 Å². The number of piperidine rings is 1. The average molecular weight is 353 g/mol. The van der Waals surface area contributed by atoms with E-state index in [1.165, 1.54) is 0 Å². The third-order valence-corrected chi connectivity index (χ3v) is 4.92. The monoisotopic (exact) mass is 353 g/mol. The second kappa shape index (κ2) is 10.3. The number of hydrogen-bond acceptors (Lipinski definition) is 4. The smallest absolute Gasteiger partial charge is 0.317 e. The molecule has 7 heteroatoms. The van der Waals surface area contributed by atoms with Gasteiger partial charge in [-0.1, -0.05) is 6.07 Å². The molecule has 0 aromatic carbocycles. The van der Waals surface area contributed by atoms with Crippen LogP contribution in [-0.4, -0.2) is 49.7 Å². The van der Waals surface area contributed by atoms with Gasteiger partial charge in [0, 0.05) is 37.7 Å². The first kappa shape index (κ1) is 18.7. The second-order valence-corrected chi connectivity index (χ2v) is 6.90. The van der Waals surface area contributed by atoms with Crippen LogP contribution >= 0.6 is 11.3 Å². The first-order valence-corrected chi connectivity index (χ1v) is 9.49. The SMILES string of the molecule is CCOCCCNC(=O)C1CCCN(C(=O)NCc2cccs2)C1. The zero-order chi connectivity index (χ0) is 17.2. The van der Waals surface area contributed by atoms with E-state index in [0.29, 0.717) is 39.4 Å². The van der Waals surface area contributed by atoms with Gasteiger partial charge < -0.3 is 20.3 Å². The molecule has 1 aromatic heterocycles. The normalized spacial score (nSPS) is 17.5. The summed E-state index contributed by atoms with van der Waals surface area (Å²) in [7, 11) is 0. The molecule has 134 valence electrons. The van der Waals surface area contributed by atoms with Gasteiger partial charge in [0.25, 0.3) is 0 Å². The van der Waals surface area contributed by atoms with Crippen LogP contribution in [0.3, 0.4) is 0 Å². The van der Waals surface area contributed by atoms with Gasteiger partial charge in [0.05, 0.1) is 12.5 Å². The van der Waals surface area contributed by atoms with Gasteiger partial charge in [-0.2, -0.15) is 0 Å². The molecule has 3 amide bonds. The molecule has 0 radical (unpaired) electrons. The second-order valence-electron chi connectivity index (χ2n) is 5.86. The number of thiophene rings is 1. The highest BCUT2D eigenvalue weighted by Gasteiger charge is 2.28. The van der Waals surface area contributed by atoms with Crippen LogP contribution < -0.4 is 10.6 Å². The number of ether oxygens (including phenoxy) is 1. The van der Waals surface area contributed by atoms with Gasteiger partial charge in [0.15, 0.2) is 0 Å². The third-order valence-electron chi connectivity index (χ3n) is 4.04. The summed E-state index contributed by atoms with van der Waals surface area (Å²) in [5.74, 6) is -0.0689. The van der Waals surface area contributed by atoms with Crippen molar-refractivity contribution in [3.63, 3.8) is 0 Å². The van der Waals surface area contributed by atoms with E-state index in [1.807, 2.05) is 24.4 Å². The van der Waals surface area contributed by atoms with E-state index in [2.05, 4.69) is 10.6 Å². The molecule has 1 fully saturated rings. The Labute approximate surface area is 147 Å². The summed E-state index contributed by atoms with van der Waals surface area (Å²) >= 11 is 1.62. The molecule has 1 aromatic rings. The van der Waals surface area contributed by atoms with Crippen molar-refractivity contribution < 1.29 is 14.3 Å². The quantitative estimate of drug-likeness (QED) is 0.704. The van der Waals surface area contributed by atoms with Crippen LogP contribution in [0.4, 0.5) is 4.79 Å². The number of carbonyl (C=O) groups excluding carboxylic acids is 2. The molecule has 1 aliphatic heterocycles. The first-order valence-electron chi connectivity index (χ1n) is 8.61. The molecule has 2 heterocycles. The molecular formula is C17H27N3O3S. The molecule has 0 aliphatic carbocycles. The van der Waals surface area contributed by atoms with Crippen LogP contribution in [-0.2, 0) is 16.1 Å². The standard InChI is InChI=1S/C17H27N3O3S/c1-2-23-10-5-8-18-16(21)14-6-3-9-20(13-14)17(22)19-12-15-7-4-11-24-15/h4,7,11,14H,2-3,5-6,8-10,12-13H2,1H3,(H,18,21)(H,19,22). The van der Waals surface area contributed by atoms with Crippen LogP contribution in [0.1, 0.15) is 31.1 Å². The molecule has 24 heavy (non-hydrogen) atoms. The Morgan fingerprint density at radius 3 is 3.04 bits per heavy atom. The van der Waals surface area contributed by atoms with Gasteiger partial charge >= 0.3 is 6.03 Å². The number of hydrogen-bond donors (Lipinski definition) is 2. The summed E-state index contributed by atoms with van der Waals surface area (Å²) < 4.78 is 5.26. The first-order chi connectivity index (χ1) is 11.7. The van der Waals surface area contributed by atoms with Crippen molar-refractivity contribution in [1.82, 2.24) is 15.5 Å². The highest BCUT2D eigenvalue weighted by Crippen LogP contribution is 2.17. The molecular weight excluding hydrogens is 326 g/mol. The lowest BCUT2D eigenvalue weighted by molar-refractivity contribution is -0.126. The molecule has 2 rings (SSSR count). The summed E-state index contributed by atoms with van der Waals surface area (Å²) in [5.41, 5.74) is 0. The van der Waals surface area contributed by atoms with E-state index in [9.17, 15) is 9.59 Å². The fraction of sp³-hybridized carbons (Fsp3) is 0.647. The van der Waals surface area contributed by atoms with Crippen molar-refractivity contribution in [2.75, 3.05) is 32.8 Å². The Bertz CT molecular complexity index is 507. The van der Waals surface area contributed by atoms with E-state index in [-0.39, 0.29) is 17.9 Å². The van der Waals surface area contributed by atoms with Crippen molar-refractivity contribution in [2.45, 2.75) is 32.7 Å². The van der Waals surface area contributed by atoms with Crippen LogP contribution in [0.15, 0.2) is 17.5 Å². The fourth-order valence-corrected chi connectivity index (χ4v) is 3.38. The van der Waals surface area contributed by atoms with E-state index < -0.39 is 0 Å². The van der Waals surface area contributed by atoms with Gasteiger partial charge in [-0.25, -0.2) is 4.79 Å². The Kier molecular flexibility index (Phi) is 8.04. The number of nitrogens with zero attached hydrogens (tertiary/aromatic N) is 1. The van der Waals surface area contributed by atoms with E-state index in [1.54, 1.807) is 16.2 Å². The van der Waals surface area contributed by atoms with Crippen molar-refractivity contribution in [3.05, 3.63) is 22.4 Å². The van der Waals surface area contributed by atoms with Crippen molar-refractivity contribution in [1.29, 1.82) is 0 Å². The lowest BCUT2D eigenvalue weighted by Gasteiger charge is -2.32. The van der Waals surface area contributed by atoms with Gasteiger partial charge in [-0.15, -0.1) is 11.3 Å². The topological polar surface area (TPSA) is 70.7 Å². The number of carbonyl (C=O) groups is 2. The van der Waals surface area contributed by atoms with Gasteiger partial charge in [0.1, 0.15) is 0 Å². The van der Waals surface area contributed by atoms with E-state index in [4.69, 9.17) is 4.74 Å². The Morgan fingerprint density at radius 1 is 1.42 bits per heavy atom. The molecule has 0 spiro atoms. The molecule has 0 bridgehead atoms. The Morgan fingerprint density at radius 2 is 2.29 bits per heavy atom. The van der Waals surface area contributed by atoms with Gasteiger partial charge in [-0.3, -0.25) is 4.79 Å². The minimum absolute atomic E-state index is 0.0438. The molecule has 6 nitrogen and oxygen atoms in total. The van der Waals surface area contributed by atoms with Gasteiger partial charge in [0.2, 0.25) is 5.91 Å². The Hall–Kier alpha value is -1.60. The highest BCUT2D eigenvalue weighted by molar-refractivity contribution is 7.09. The molecule has 1 unspecified atom stereocenters. The average Bonchev–Trinajstić information content (AvgIpc) is 3.13. The van der Waals surface area contributed by atoms with Crippen molar-refractivity contribution in [2.24, 2.45) is 5.92 Å². The predicted octanol–water partition coefficient (Wildman–Crippen LogP) is 2.21. The zero-order valence-corrected chi connectivity index (χ0v) is 15.1. The molecule has 1 atom stereocenters. The summed E-state index contributed by atoms with van der Waals surface area (Å²) in [6, 6.07) is 3.88. The summed E-state index contributed by atoms with van der Waals surface area (Å²) in [6.07, 6.45) is 2.52. The van der Waals surface area contributed by atoms with Crippen LogP contribution in [0.25, 0.3) is 0 Å².